The molecule has 8 heteroatoms. The highest BCUT2D eigenvalue weighted by atomic mass is 32.1. The summed E-state index contributed by atoms with van der Waals surface area (Å²) in [4.78, 5) is 4.39. The van der Waals surface area contributed by atoms with Gasteiger partial charge < -0.3 is 14.4 Å². The molecule has 0 spiro atoms. The number of hydrogen-bond acceptors (Lipinski definition) is 6. The van der Waals surface area contributed by atoms with Gasteiger partial charge in [0.15, 0.2) is 0 Å². The summed E-state index contributed by atoms with van der Waals surface area (Å²) in [5.41, 5.74) is 1.02. The van der Waals surface area contributed by atoms with Gasteiger partial charge in [-0.1, -0.05) is 36.4 Å². The molecule has 0 unspecified atom stereocenters. The Morgan fingerprint density at radius 3 is 2.40 bits per heavy atom. The Hall–Kier alpha value is -2.68. The molecule has 1 fully saturated rings. The van der Waals surface area contributed by atoms with Crippen LogP contribution in [0.4, 0.5) is 5.95 Å². The van der Waals surface area contributed by atoms with Gasteiger partial charge in [0.05, 0.1) is 25.6 Å². The van der Waals surface area contributed by atoms with Gasteiger partial charge in [-0.15, -0.1) is 5.10 Å². The number of para-hydroxylation sites is 2. The van der Waals surface area contributed by atoms with Gasteiger partial charge in [-0.2, -0.15) is 0 Å². The molecular formula is C22H27N5O2S. The molecule has 1 aliphatic heterocycles. The first-order valence-electron chi connectivity index (χ1n) is 10.2. The lowest BCUT2D eigenvalue weighted by molar-refractivity contribution is 0.121. The minimum absolute atomic E-state index is 0.591. The third-order valence-electron chi connectivity index (χ3n) is 4.99. The number of likely N-dealkylation sites (N-methyl/N-ethyl adjacent to an activating group) is 1. The first-order chi connectivity index (χ1) is 14.7. The van der Waals surface area contributed by atoms with Crippen LogP contribution in [0.5, 0.6) is 5.75 Å². The maximum atomic E-state index is 5.82. The molecule has 0 radical (unpaired) electrons. The van der Waals surface area contributed by atoms with E-state index >= 15 is 0 Å². The second-order valence-corrected chi connectivity index (χ2v) is 7.60. The van der Waals surface area contributed by atoms with Gasteiger partial charge in [0, 0.05) is 19.6 Å². The number of morpholine rings is 1. The molecule has 30 heavy (non-hydrogen) atoms. The van der Waals surface area contributed by atoms with Crippen molar-refractivity contribution in [3.63, 3.8) is 0 Å². The van der Waals surface area contributed by atoms with Crippen molar-refractivity contribution in [3.8, 4) is 11.4 Å². The SMILES string of the molecule is CN(CCOc1ccccc1)Cn1nc(N2CCOCC2)n(-c2ccccc2)c1=S. The highest BCUT2D eigenvalue weighted by molar-refractivity contribution is 7.71. The van der Waals surface area contributed by atoms with Crippen LogP contribution in [-0.4, -0.2) is 65.8 Å². The summed E-state index contributed by atoms with van der Waals surface area (Å²) < 4.78 is 15.9. The fourth-order valence-electron chi connectivity index (χ4n) is 3.39. The van der Waals surface area contributed by atoms with E-state index in [1.807, 2.05) is 60.3 Å². The largest absolute Gasteiger partial charge is 0.492 e. The van der Waals surface area contributed by atoms with Gasteiger partial charge in [-0.25, -0.2) is 4.68 Å². The van der Waals surface area contributed by atoms with E-state index in [9.17, 15) is 0 Å². The number of ether oxygens (including phenoxy) is 2. The summed E-state index contributed by atoms with van der Waals surface area (Å²) >= 11 is 5.82. The highest BCUT2D eigenvalue weighted by Gasteiger charge is 2.21. The maximum absolute atomic E-state index is 5.82. The number of aromatic nitrogens is 3. The molecule has 1 saturated heterocycles. The smallest absolute Gasteiger partial charge is 0.230 e. The minimum atomic E-state index is 0.591. The molecule has 0 atom stereocenters. The molecule has 7 nitrogen and oxygen atoms in total. The zero-order valence-electron chi connectivity index (χ0n) is 17.2. The molecular weight excluding hydrogens is 398 g/mol. The Morgan fingerprint density at radius 1 is 1.03 bits per heavy atom. The second-order valence-electron chi connectivity index (χ2n) is 7.24. The van der Waals surface area contributed by atoms with Crippen molar-refractivity contribution in [3.05, 3.63) is 65.4 Å². The molecule has 0 bridgehead atoms. The van der Waals surface area contributed by atoms with Gasteiger partial charge in [-0.3, -0.25) is 9.47 Å². The molecule has 1 aliphatic rings. The molecule has 4 rings (SSSR count). The third kappa shape index (κ3) is 4.89. The van der Waals surface area contributed by atoms with E-state index in [-0.39, 0.29) is 0 Å². The van der Waals surface area contributed by atoms with Crippen molar-refractivity contribution in [2.45, 2.75) is 6.67 Å². The van der Waals surface area contributed by atoms with E-state index < -0.39 is 0 Å². The molecule has 2 heterocycles. The normalized spacial score (nSPS) is 14.3. The highest BCUT2D eigenvalue weighted by Crippen LogP contribution is 2.21. The molecule has 0 amide bonds. The number of nitrogens with zero attached hydrogens (tertiary/aromatic N) is 5. The lowest BCUT2D eigenvalue weighted by Crippen LogP contribution is -2.38. The van der Waals surface area contributed by atoms with E-state index in [2.05, 4.69) is 26.5 Å². The Balaban J connectivity index is 1.50. The van der Waals surface area contributed by atoms with Crippen LogP contribution in [0.15, 0.2) is 60.7 Å². The lowest BCUT2D eigenvalue weighted by atomic mass is 10.3. The first kappa shape index (κ1) is 20.6. The van der Waals surface area contributed by atoms with Crippen LogP contribution in [0.25, 0.3) is 5.69 Å². The monoisotopic (exact) mass is 425 g/mol. The van der Waals surface area contributed by atoms with E-state index in [1.54, 1.807) is 0 Å². The first-order valence-corrected chi connectivity index (χ1v) is 10.6. The Morgan fingerprint density at radius 2 is 1.70 bits per heavy atom. The molecule has 1 aromatic heterocycles. The quantitative estimate of drug-likeness (QED) is 0.517. The topological polar surface area (TPSA) is 47.7 Å². The summed E-state index contributed by atoms with van der Waals surface area (Å²) in [6.45, 7) is 4.97. The van der Waals surface area contributed by atoms with Crippen LogP contribution in [0.3, 0.4) is 0 Å². The lowest BCUT2D eigenvalue weighted by Gasteiger charge is -2.27. The number of anilines is 1. The van der Waals surface area contributed by atoms with Crippen LogP contribution < -0.4 is 9.64 Å². The fraction of sp³-hybridized carbons (Fsp3) is 0.364. The molecule has 0 saturated carbocycles. The van der Waals surface area contributed by atoms with Crippen molar-refractivity contribution in [1.82, 2.24) is 19.2 Å². The summed E-state index contributed by atoms with van der Waals surface area (Å²) in [6.07, 6.45) is 0. The van der Waals surface area contributed by atoms with Crippen molar-refractivity contribution in [2.75, 3.05) is 51.4 Å². The Kier molecular flexibility index (Phi) is 6.78. The van der Waals surface area contributed by atoms with Crippen LogP contribution in [0, 0.1) is 4.77 Å². The molecule has 3 aromatic rings. The average molecular weight is 426 g/mol. The van der Waals surface area contributed by atoms with Gasteiger partial charge in [-0.05, 0) is 43.5 Å². The van der Waals surface area contributed by atoms with E-state index in [1.165, 1.54) is 0 Å². The molecule has 0 aliphatic carbocycles. The summed E-state index contributed by atoms with van der Waals surface area (Å²) in [7, 11) is 2.05. The van der Waals surface area contributed by atoms with E-state index in [0.717, 1.165) is 37.0 Å². The van der Waals surface area contributed by atoms with E-state index in [0.29, 0.717) is 31.3 Å². The van der Waals surface area contributed by atoms with Gasteiger partial charge in [0.2, 0.25) is 10.7 Å². The van der Waals surface area contributed by atoms with E-state index in [4.69, 9.17) is 26.8 Å². The molecule has 2 aromatic carbocycles. The average Bonchev–Trinajstić information content (AvgIpc) is 3.11. The van der Waals surface area contributed by atoms with Crippen LogP contribution in [0.2, 0.25) is 0 Å². The third-order valence-corrected chi connectivity index (χ3v) is 5.38. The number of hydrogen-bond donors (Lipinski definition) is 0. The number of rotatable bonds is 8. The predicted octanol–water partition coefficient (Wildman–Crippen LogP) is 3.21. The fourth-order valence-corrected chi connectivity index (χ4v) is 3.68. The predicted molar refractivity (Wildman–Crippen MR) is 120 cm³/mol. The van der Waals surface area contributed by atoms with Gasteiger partial charge in [0.25, 0.3) is 0 Å². The summed E-state index contributed by atoms with van der Waals surface area (Å²) in [6, 6.07) is 20.0. The van der Waals surface area contributed by atoms with Crippen LogP contribution in [0.1, 0.15) is 0 Å². The van der Waals surface area contributed by atoms with Gasteiger partial charge >= 0.3 is 0 Å². The summed E-state index contributed by atoms with van der Waals surface area (Å²) in [5, 5.41) is 4.88. The van der Waals surface area contributed by atoms with Crippen molar-refractivity contribution in [2.24, 2.45) is 0 Å². The summed E-state index contributed by atoms with van der Waals surface area (Å²) in [5.74, 6) is 1.74. The van der Waals surface area contributed by atoms with Crippen molar-refractivity contribution < 1.29 is 9.47 Å². The zero-order chi connectivity index (χ0) is 20.8. The van der Waals surface area contributed by atoms with Crippen LogP contribution in [-0.2, 0) is 11.4 Å². The standard InChI is InChI=1S/C22H27N5O2S/c1-24(12-17-29-20-10-6-3-7-11-20)18-26-22(30)27(19-8-4-2-5-9-19)21(23-26)25-13-15-28-16-14-25/h2-11H,12-18H2,1H3. The molecule has 158 valence electrons. The zero-order valence-corrected chi connectivity index (χ0v) is 18.0. The van der Waals surface area contributed by atoms with Gasteiger partial charge in [0.1, 0.15) is 12.4 Å². The second kappa shape index (κ2) is 9.88. The van der Waals surface area contributed by atoms with Crippen molar-refractivity contribution in [1.29, 1.82) is 0 Å². The maximum Gasteiger partial charge on any atom is 0.230 e. The minimum Gasteiger partial charge on any atom is -0.492 e. The Bertz CT molecular complexity index is 984. The van der Waals surface area contributed by atoms with Crippen molar-refractivity contribution >= 4 is 18.2 Å². The van der Waals surface area contributed by atoms with Crippen LogP contribution >= 0.6 is 12.2 Å². The number of benzene rings is 2. The molecule has 0 N–H and O–H groups in total. The Labute approximate surface area is 182 Å².